The second-order valence-electron chi connectivity index (χ2n) is 6.70. The highest BCUT2D eigenvalue weighted by atomic mass is 32.2. The van der Waals surface area contributed by atoms with Gasteiger partial charge in [-0.15, -0.1) is 0 Å². The molecule has 0 spiro atoms. The van der Waals surface area contributed by atoms with Crippen LogP contribution in [0.1, 0.15) is 30.6 Å². The van der Waals surface area contributed by atoms with Crippen LogP contribution >= 0.6 is 11.8 Å². The summed E-state index contributed by atoms with van der Waals surface area (Å²) in [5.74, 6) is 2.26. The average molecular weight is 362 g/mol. The number of hydrogen-bond donors (Lipinski definition) is 0. The normalized spacial score (nSPS) is 21.9. The van der Waals surface area contributed by atoms with E-state index in [1.54, 1.807) is 14.0 Å². The van der Waals surface area contributed by atoms with Gasteiger partial charge in [0.2, 0.25) is 11.8 Å². The van der Waals surface area contributed by atoms with E-state index in [0.29, 0.717) is 18.3 Å². The van der Waals surface area contributed by atoms with Crippen molar-refractivity contribution in [3.05, 3.63) is 29.8 Å². The predicted octanol–water partition coefficient (Wildman–Crippen LogP) is 2.57. The summed E-state index contributed by atoms with van der Waals surface area (Å²) in [6.07, 6.45) is 1.57. The third-order valence-electron chi connectivity index (χ3n) is 5.16. The zero-order valence-corrected chi connectivity index (χ0v) is 15.8. The fourth-order valence-corrected chi connectivity index (χ4v) is 4.81. The van der Waals surface area contributed by atoms with Crippen molar-refractivity contribution in [3.63, 3.8) is 0 Å². The maximum Gasteiger partial charge on any atom is 0.225 e. The summed E-state index contributed by atoms with van der Waals surface area (Å²) in [4.78, 5) is 28.2. The number of nitrogens with zero attached hydrogens (tertiary/aromatic N) is 2. The van der Waals surface area contributed by atoms with Crippen molar-refractivity contribution in [2.45, 2.75) is 25.0 Å². The number of piperidine rings is 1. The van der Waals surface area contributed by atoms with Crippen LogP contribution in [-0.4, -0.2) is 60.7 Å². The fourth-order valence-electron chi connectivity index (χ4n) is 3.57. The molecule has 25 heavy (non-hydrogen) atoms. The third kappa shape index (κ3) is 4.29. The van der Waals surface area contributed by atoms with E-state index >= 15 is 0 Å². The number of carbonyl (C=O) groups excluding carboxylic acids is 2. The molecule has 2 amide bonds. The summed E-state index contributed by atoms with van der Waals surface area (Å²) in [7, 11) is 1.67. The van der Waals surface area contributed by atoms with Gasteiger partial charge in [0.15, 0.2) is 0 Å². The van der Waals surface area contributed by atoms with Gasteiger partial charge in [0.05, 0.1) is 7.11 Å². The van der Waals surface area contributed by atoms with Gasteiger partial charge in [0.1, 0.15) is 5.75 Å². The van der Waals surface area contributed by atoms with Gasteiger partial charge in [-0.3, -0.25) is 9.59 Å². The molecule has 2 fully saturated rings. The molecule has 0 saturated carbocycles. The lowest BCUT2D eigenvalue weighted by Crippen LogP contribution is -2.46. The monoisotopic (exact) mass is 362 g/mol. The van der Waals surface area contributed by atoms with Gasteiger partial charge in [-0.25, -0.2) is 0 Å². The fraction of sp³-hybridized carbons (Fsp3) is 0.579. The van der Waals surface area contributed by atoms with Crippen molar-refractivity contribution in [1.82, 2.24) is 9.80 Å². The van der Waals surface area contributed by atoms with E-state index in [1.165, 1.54) is 5.56 Å². The first-order valence-electron chi connectivity index (χ1n) is 8.88. The van der Waals surface area contributed by atoms with Crippen molar-refractivity contribution in [2.75, 3.05) is 39.0 Å². The van der Waals surface area contributed by atoms with E-state index in [-0.39, 0.29) is 17.7 Å². The van der Waals surface area contributed by atoms with E-state index in [0.717, 1.165) is 37.4 Å². The maximum atomic E-state index is 12.9. The van der Waals surface area contributed by atoms with Gasteiger partial charge in [-0.05, 0) is 30.5 Å². The highest BCUT2D eigenvalue weighted by Crippen LogP contribution is 2.35. The molecule has 2 aliphatic rings. The highest BCUT2D eigenvalue weighted by Gasteiger charge is 2.32. The zero-order chi connectivity index (χ0) is 17.8. The Hall–Kier alpha value is -1.69. The maximum absolute atomic E-state index is 12.9. The van der Waals surface area contributed by atoms with Crippen molar-refractivity contribution in [1.29, 1.82) is 0 Å². The van der Waals surface area contributed by atoms with Crippen LogP contribution in [0.5, 0.6) is 5.75 Å². The van der Waals surface area contributed by atoms with Crippen LogP contribution in [-0.2, 0) is 9.59 Å². The van der Waals surface area contributed by atoms with Gasteiger partial charge < -0.3 is 14.5 Å². The van der Waals surface area contributed by atoms with Gasteiger partial charge in [-0.2, -0.15) is 11.8 Å². The minimum absolute atomic E-state index is 0.0650. The molecule has 0 N–H and O–H groups in total. The molecule has 5 nitrogen and oxygen atoms in total. The quantitative estimate of drug-likeness (QED) is 0.829. The number of thioether (sulfide) groups is 1. The topological polar surface area (TPSA) is 49.9 Å². The number of likely N-dealkylation sites (tertiary alicyclic amines) is 1. The molecule has 1 aromatic carbocycles. The molecule has 136 valence electrons. The lowest BCUT2D eigenvalue weighted by molar-refractivity contribution is -0.140. The van der Waals surface area contributed by atoms with Crippen LogP contribution in [0, 0.1) is 5.92 Å². The number of benzene rings is 1. The first-order valence-corrected chi connectivity index (χ1v) is 9.93. The molecule has 2 heterocycles. The second-order valence-corrected chi connectivity index (χ2v) is 8.01. The molecule has 3 rings (SSSR count). The van der Waals surface area contributed by atoms with Gasteiger partial charge >= 0.3 is 0 Å². The largest absolute Gasteiger partial charge is 0.497 e. The SMILES string of the molecule is COc1ccc(C2CN(C(=O)C3CCN(C(C)=O)CC3)CCS2)cc1. The summed E-state index contributed by atoms with van der Waals surface area (Å²) < 4.78 is 5.22. The number of hydrogen-bond acceptors (Lipinski definition) is 4. The van der Waals surface area contributed by atoms with Crippen LogP contribution < -0.4 is 4.74 Å². The second kappa shape index (κ2) is 8.13. The smallest absolute Gasteiger partial charge is 0.225 e. The first-order chi connectivity index (χ1) is 12.1. The molecule has 1 aromatic rings. The van der Waals surface area contributed by atoms with E-state index in [2.05, 4.69) is 12.1 Å². The molecule has 1 atom stereocenters. The molecule has 0 radical (unpaired) electrons. The van der Waals surface area contributed by atoms with E-state index in [4.69, 9.17) is 4.74 Å². The Morgan fingerprint density at radius 2 is 1.76 bits per heavy atom. The van der Waals surface area contributed by atoms with Crippen molar-refractivity contribution in [3.8, 4) is 5.75 Å². The molecule has 0 bridgehead atoms. The Bertz CT molecular complexity index is 612. The molecule has 2 saturated heterocycles. The van der Waals surface area contributed by atoms with Crippen LogP contribution in [0.25, 0.3) is 0 Å². The Labute approximate surface area is 153 Å². The number of ether oxygens (including phenoxy) is 1. The number of rotatable bonds is 3. The minimum atomic E-state index is 0.0650. The Kier molecular flexibility index (Phi) is 5.89. The molecular formula is C19H26N2O3S. The van der Waals surface area contributed by atoms with Crippen LogP contribution in [0.15, 0.2) is 24.3 Å². The highest BCUT2D eigenvalue weighted by molar-refractivity contribution is 7.99. The summed E-state index contributed by atoms with van der Waals surface area (Å²) in [6.45, 7) is 4.60. The van der Waals surface area contributed by atoms with Crippen LogP contribution in [0.2, 0.25) is 0 Å². The zero-order valence-electron chi connectivity index (χ0n) is 14.9. The Morgan fingerprint density at radius 3 is 2.36 bits per heavy atom. The first kappa shape index (κ1) is 18.1. The summed E-state index contributed by atoms with van der Waals surface area (Å²) in [6, 6.07) is 8.15. The molecule has 2 aliphatic heterocycles. The molecular weight excluding hydrogens is 336 g/mol. The summed E-state index contributed by atoms with van der Waals surface area (Å²) >= 11 is 1.91. The Morgan fingerprint density at radius 1 is 1.08 bits per heavy atom. The van der Waals surface area contributed by atoms with Crippen molar-refractivity contribution >= 4 is 23.6 Å². The van der Waals surface area contributed by atoms with E-state index in [9.17, 15) is 9.59 Å². The molecule has 0 aromatic heterocycles. The minimum Gasteiger partial charge on any atom is -0.497 e. The summed E-state index contributed by atoms with van der Waals surface area (Å²) in [5, 5.41) is 0.320. The Balaban J connectivity index is 1.59. The van der Waals surface area contributed by atoms with Crippen molar-refractivity contribution in [2.24, 2.45) is 5.92 Å². The third-order valence-corrected chi connectivity index (χ3v) is 6.40. The van der Waals surface area contributed by atoms with E-state index in [1.807, 2.05) is 33.7 Å². The number of amides is 2. The van der Waals surface area contributed by atoms with Crippen LogP contribution in [0.3, 0.4) is 0 Å². The molecule has 6 heteroatoms. The lowest BCUT2D eigenvalue weighted by Gasteiger charge is -2.37. The molecule has 0 aliphatic carbocycles. The van der Waals surface area contributed by atoms with Crippen molar-refractivity contribution < 1.29 is 14.3 Å². The number of methoxy groups -OCH3 is 1. The predicted molar refractivity (Wildman–Crippen MR) is 99.8 cm³/mol. The average Bonchev–Trinajstić information content (AvgIpc) is 2.67. The van der Waals surface area contributed by atoms with Gasteiger partial charge in [-0.1, -0.05) is 12.1 Å². The van der Waals surface area contributed by atoms with Gasteiger partial charge in [0.25, 0.3) is 0 Å². The molecule has 1 unspecified atom stereocenters. The van der Waals surface area contributed by atoms with Gasteiger partial charge in [0, 0.05) is 50.0 Å². The number of carbonyl (C=O) groups is 2. The standard InChI is InChI=1S/C19H26N2O3S/c1-14(22)20-9-7-16(8-10-20)19(23)21-11-12-25-18(13-21)15-3-5-17(24-2)6-4-15/h3-6,16,18H,7-13H2,1-2H3. The lowest BCUT2D eigenvalue weighted by atomic mass is 9.95. The van der Waals surface area contributed by atoms with Crippen LogP contribution in [0.4, 0.5) is 0 Å². The summed E-state index contributed by atoms with van der Waals surface area (Å²) in [5.41, 5.74) is 1.25. The van der Waals surface area contributed by atoms with E-state index < -0.39 is 0 Å².